The van der Waals surface area contributed by atoms with Crippen molar-refractivity contribution in [3.63, 3.8) is 0 Å². The average molecular weight is 393 g/mol. The molecule has 0 spiro atoms. The van der Waals surface area contributed by atoms with E-state index < -0.39 is 41.6 Å². The lowest BCUT2D eigenvalue weighted by molar-refractivity contribution is -0.220. The third-order valence-electron chi connectivity index (χ3n) is 4.88. The van der Waals surface area contributed by atoms with Gasteiger partial charge in [-0.1, -0.05) is 27.7 Å². The second-order valence-corrected chi connectivity index (χ2v) is 8.46. The number of nitrogens with zero attached hydrogens (tertiary/aromatic N) is 1. The summed E-state index contributed by atoms with van der Waals surface area (Å²) in [4.78, 5) is 26.7. The van der Waals surface area contributed by atoms with Gasteiger partial charge >= 0.3 is 6.18 Å². The molecule has 27 heavy (non-hydrogen) atoms. The summed E-state index contributed by atoms with van der Waals surface area (Å²) in [6.07, 6.45) is -7.07. The minimum atomic E-state index is -4.88. The van der Waals surface area contributed by atoms with Crippen LogP contribution in [0.5, 0.6) is 0 Å². The number of nitrogens with one attached hydrogen (secondary N) is 1. The predicted octanol–water partition coefficient (Wildman–Crippen LogP) is 1.93. The number of likely N-dealkylation sites (tertiary alicyclic amines) is 1. The molecule has 2 amide bonds. The Morgan fingerprint density at radius 1 is 1.22 bits per heavy atom. The molecular weight excluding hydrogens is 363 g/mol. The van der Waals surface area contributed by atoms with Gasteiger partial charge in [0.05, 0.1) is 11.7 Å². The van der Waals surface area contributed by atoms with Gasteiger partial charge in [0.25, 0.3) is 5.91 Å². The van der Waals surface area contributed by atoms with Crippen LogP contribution >= 0.6 is 0 Å². The minimum Gasteiger partial charge on any atom is -0.394 e. The number of aliphatic hydroxyl groups excluding tert-OH is 1. The van der Waals surface area contributed by atoms with Crippen molar-refractivity contribution in [2.24, 2.45) is 17.1 Å². The van der Waals surface area contributed by atoms with E-state index in [9.17, 15) is 27.9 Å². The lowest BCUT2D eigenvalue weighted by Gasteiger charge is -2.37. The van der Waals surface area contributed by atoms with E-state index in [-0.39, 0.29) is 18.2 Å². The van der Waals surface area contributed by atoms with Crippen molar-refractivity contribution in [2.75, 3.05) is 6.54 Å². The first kappa shape index (κ1) is 23.3. The monoisotopic (exact) mass is 393 g/mol. The van der Waals surface area contributed by atoms with Crippen molar-refractivity contribution in [1.29, 1.82) is 0 Å². The summed E-state index contributed by atoms with van der Waals surface area (Å²) in [6, 6.07) is -2.50. The fourth-order valence-electron chi connectivity index (χ4n) is 3.14. The summed E-state index contributed by atoms with van der Waals surface area (Å²) in [5.74, 6) is -1.48. The van der Waals surface area contributed by atoms with E-state index in [2.05, 4.69) is 5.32 Å². The van der Waals surface area contributed by atoms with Gasteiger partial charge in [-0.25, -0.2) is 0 Å². The maximum absolute atomic E-state index is 13.0. The standard InChI is InChI=1S/C18H30F3N3O3/c1-9(2)11(22)16(27)24-8-7-10(3)12(24)15(26)23-13(17(4,5)6)14(25)18(19,20)21/h10,12-14,25H,7-8,22H2,1-6H3,(H,23,26)/t10?,12-,13+,14?/m0/s1. The molecule has 2 unspecified atom stereocenters. The molecule has 4 atom stereocenters. The smallest absolute Gasteiger partial charge is 0.394 e. The van der Waals surface area contributed by atoms with Crippen molar-refractivity contribution >= 4 is 11.8 Å². The third kappa shape index (κ3) is 5.37. The number of halogens is 3. The van der Waals surface area contributed by atoms with Gasteiger partial charge < -0.3 is 21.1 Å². The lowest BCUT2D eigenvalue weighted by Crippen LogP contribution is -2.60. The molecule has 1 fully saturated rings. The Kier molecular flexibility index (Phi) is 6.96. The number of carbonyl (C=O) groups excluding carboxylic acids is 2. The third-order valence-corrected chi connectivity index (χ3v) is 4.88. The molecule has 0 aromatic rings. The molecule has 156 valence electrons. The van der Waals surface area contributed by atoms with Gasteiger partial charge in [-0.2, -0.15) is 13.2 Å². The predicted molar refractivity (Wildman–Crippen MR) is 95.3 cm³/mol. The summed E-state index contributed by atoms with van der Waals surface area (Å²) in [5, 5.41) is 12.1. The summed E-state index contributed by atoms with van der Waals surface area (Å²) in [5.41, 5.74) is 5.35. The molecule has 0 saturated carbocycles. The summed E-state index contributed by atoms with van der Waals surface area (Å²) in [7, 11) is 0. The van der Waals surface area contributed by atoms with Crippen LogP contribution in [-0.2, 0) is 9.59 Å². The van der Waals surface area contributed by atoms with Gasteiger partial charge in [0, 0.05) is 6.54 Å². The quantitative estimate of drug-likeness (QED) is 0.636. The Balaban J connectivity index is 3.12. The van der Waals surface area contributed by atoms with E-state index in [0.29, 0.717) is 12.0 Å². The van der Waals surface area contributed by atoms with E-state index in [0.717, 1.165) is 0 Å². The number of nitrogens with two attached hydrogens (primary N) is 1. The number of alkyl halides is 3. The number of hydrogen-bond acceptors (Lipinski definition) is 4. The van der Waals surface area contributed by atoms with Crippen LogP contribution in [0, 0.1) is 11.3 Å². The number of allylic oxidation sites excluding steroid dienone is 1. The Labute approximate surface area is 158 Å². The molecule has 1 saturated heterocycles. The summed E-state index contributed by atoms with van der Waals surface area (Å²) >= 11 is 0. The van der Waals surface area contributed by atoms with Crippen LogP contribution in [-0.4, -0.2) is 52.7 Å². The number of carbonyl (C=O) groups is 2. The maximum atomic E-state index is 13.0. The van der Waals surface area contributed by atoms with E-state index >= 15 is 0 Å². The molecule has 1 heterocycles. The highest BCUT2D eigenvalue weighted by atomic mass is 19.4. The van der Waals surface area contributed by atoms with Gasteiger partial charge in [-0.05, 0) is 37.2 Å². The Bertz CT molecular complexity index is 607. The fraction of sp³-hybridized carbons (Fsp3) is 0.778. The van der Waals surface area contributed by atoms with Crippen molar-refractivity contribution < 1.29 is 27.9 Å². The van der Waals surface area contributed by atoms with E-state index in [1.54, 1.807) is 20.8 Å². The second-order valence-electron chi connectivity index (χ2n) is 8.46. The van der Waals surface area contributed by atoms with Crippen LogP contribution in [0.4, 0.5) is 13.2 Å². The summed E-state index contributed by atoms with van der Waals surface area (Å²) < 4.78 is 39.1. The zero-order valence-corrected chi connectivity index (χ0v) is 16.6. The highest BCUT2D eigenvalue weighted by molar-refractivity contribution is 5.97. The normalized spacial score (nSPS) is 23.0. The Morgan fingerprint density at radius 2 is 1.74 bits per heavy atom. The van der Waals surface area contributed by atoms with Crippen LogP contribution < -0.4 is 11.1 Å². The van der Waals surface area contributed by atoms with Crippen molar-refractivity contribution in [1.82, 2.24) is 10.2 Å². The molecule has 0 aliphatic carbocycles. The number of hydrogen-bond donors (Lipinski definition) is 3. The molecule has 6 nitrogen and oxygen atoms in total. The van der Waals surface area contributed by atoms with E-state index in [1.807, 2.05) is 0 Å². The molecular formula is C18H30F3N3O3. The average Bonchev–Trinajstić information content (AvgIpc) is 2.89. The number of aliphatic hydroxyl groups is 1. The first-order valence-corrected chi connectivity index (χ1v) is 8.88. The van der Waals surface area contributed by atoms with E-state index in [1.165, 1.54) is 25.7 Å². The fourth-order valence-corrected chi connectivity index (χ4v) is 3.14. The molecule has 1 aliphatic heterocycles. The largest absolute Gasteiger partial charge is 0.416 e. The van der Waals surface area contributed by atoms with Crippen molar-refractivity contribution in [3.8, 4) is 0 Å². The minimum absolute atomic E-state index is 0.0181. The van der Waals surface area contributed by atoms with Crippen LogP contribution in [0.1, 0.15) is 48.0 Å². The first-order valence-electron chi connectivity index (χ1n) is 8.88. The molecule has 0 aromatic carbocycles. The van der Waals surface area contributed by atoms with Gasteiger partial charge in [-0.15, -0.1) is 0 Å². The first-order chi connectivity index (χ1) is 12.1. The van der Waals surface area contributed by atoms with Gasteiger partial charge in [0.15, 0.2) is 6.10 Å². The number of rotatable bonds is 4. The highest BCUT2D eigenvalue weighted by Crippen LogP contribution is 2.32. The van der Waals surface area contributed by atoms with Crippen molar-refractivity contribution in [3.05, 3.63) is 11.3 Å². The molecule has 9 heteroatoms. The Morgan fingerprint density at radius 3 is 2.15 bits per heavy atom. The topological polar surface area (TPSA) is 95.7 Å². The molecule has 0 bridgehead atoms. The zero-order valence-electron chi connectivity index (χ0n) is 16.6. The SMILES string of the molecule is CC(C)=C(N)C(=O)N1CCC(C)[C@H]1C(=O)N[C@H](C(O)C(F)(F)F)C(C)(C)C. The molecule has 0 aromatic heterocycles. The van der Waals surface area contributed by atoms with Crippen LogP contribution in [0.2, 0.25) is 0 Å². The van der Waals surface area contributed by atoms with Crippen LogP contribution in [0.3, 0.4) is 0 Å². The Hall–Kier alpha value is -1.77. The van der Waals surface area contributed by atoms with E-state index in [4.69, 9.17) is 5.73 Å². The van der Waals surface area contributed by atoms with Gasteiger partial charge in [0.1, 0.15) is 6.04 Å². The second kappa shape index (κ2) is 8.08. The van der Waals surface area contributed by atoms with Gasteiger partial charge in [0.2, 0.25) is 5.91 Å². The molecule has 1 rings (SSSR count). The zero-order chi connectivity index (χ0) is 21.3. The van der Waals surface area contributed by atoms with Crippen LogP contribution in [0.15, 0.2) is 11.3 Å². The molecule has 4 N–H and O–H groups in total. The van der Waals surface area contributed by atoms with Crippen LogP contribution in [0.25, 0.3) is 0 Å². The highest BCUT2D eigenvalue weighted by Gasteiger charge is 2.50. The number of amides is 2. The molecule has 0 radical (unpaired) electrons. The lowest BCUT2D eigenvalue weighted by atomic mass is 9.82. The summed E-state index contributed by atoms with van der Waals surface area (Å²) in [6.45, 7) is 9.85. The van der Waals surface area contributed by atoms with Crippen molar-refractivity contribution in [2.45, 2.75) is 72.3 Å². The maximum Gasteiger partial charge on any atom is 0.416 e. The molecule has 1 aliphatic rings. The van der Waals surface area contributed by atoms with Gasteiger partial charge in [-0.3, -0.25) is 9.59 Å².